The quantitative estimate of drug-likeness (QED) is 0.809. The number of rotatable bonds is 3. The van der Waals surface area contributed by atoms with E-state index in [1.807, 2.05) is 0 Å². The summed E-state index contributed by atoms with van der Waals surface area (Å²) < 4.78 is 6.18. The van der Waals surface area contributed by atoms with E-state index in [-0.39, 0.29) is 0 Å². The van der Waals surface area contributed by atoms with E-state index in [2.05, 4.69) is 33.2 Å². The maximum Gasteiger partial charge on any atom is 0.243 e. The van der Waals surface area contributed by atoms with Crippen LogP contribution in [0, 0.1) is 12.3 Å². The number of carbonyl (C=O) groups is 1. The molecule has 1 aromatic heterocycles. The van der Waals surface area contributed by atoms with Gasteiger partial charge in [0.2, 0.25) is 5.88 Å². The third-order valence-corrected chi connectivity index (χ3v) is 2.42. The van der Waals surface area contributed by atoms with Crippen LogP contribution in [0.5, 0.6) is 11.6 Å². The smallest absolute Gasteiger partial charge is 0.243 e. The summed E-state index contributed by atoms with van der Waals surface area (Å²) in [7, 11) is 0. The lowest BCUT2D eigenvalue weighted by Crippen LogP contribution is -1.88. The Bertz CT molecular complexity index is 497. The predicted molar refractivity (Wildman–Crippen MR) is 61.5 cm³/mol. The van der Waals surface area contributed by atoms with Crippen molar-refractivity contribution in [3.63, 3.8) is 0 Å². The molecule has 0 unspecified atom stereocenters. The van der Waals surface area contributed by atoms with Crippen LogP contribution in [0.3, 0.4) is 0 Å². The van der Waals surface area contributed by atoms with Crippen LogP contribution in [0.15, 0.2) is 34.8 Å². The van der Waals surface area contributed by atoms with E-state index >= 15 is 0 Å². The molecular formula is C12H6BrNO2. The van der Waals surface area contributed by atoms with Gasteiger partial charge < -0.3 is 4.74 Å². The summed E-state index contributed by atoms with van der Waals surface area (Å²) >= 11 is 3.29. The molecule has 0 atom stereocenters. The van der Waals surface area contributed by atoms with Crippen molar-refractivity contribution in [2.45, 2.75) is 0 Å². The molecule has 0 aliphatic rings. The minimum absolute atomic E-state index is 0.414. The first kappa shape index (κ1) is 10.7. The zero-order valence-corrected chi connectivity index (χ0v) is 9.69. The molecule has 16 heavy (non-hydrogen) atoms. The lowest BCUT2D eigenvalue weighted by atomic mass is 10.2. The van der Waals surface area contributed by atoms with E-state index in [9.17, 15) is 4.79 Å². The minimum Gasteiger partial charge on any atom is -0.437 e. The van der Waals surface area contributed by atoms with Gasteiger partial charge in [0.25, 0.3) is 0 Å². The van der Waals surface area contributed by atoms with E-state index in [0.29, 0.717) is 21.7 Å². The molecule has 0 bridgehead atoms. The highest BCUT2D eigenvalue weighted by molar-refractivity contribution is 9.10. The van der Waals surface area contributed by atoms with Gasteiger partial charge in [-0.15, -0.1) is 0 Å². The molecule has 0 saturated carbocycles. The van der Waals surface area contributed by atoms with Gasteiger partial charge >= 0.3 is 0 Å². The molecule has 2 rings (SSSR count). The minimum atomic E-state index is 0.414. The summed E-state index contributed by atoms with van der Waals surface area (Å²) in [4.78, 5) is 14.4. The summed E-state index contributed by atoms with van der Waals surface area (Å²) in [5.41, 5.74) is 0.604. The zero-order chi connectivity index (χ0) is 11.4. The maximum absolute atomic E-state index is 10.5. The molecule has 78 valence electrons. The van der Waals surface area contributed by atoms with Crippen molar-refractivity contribution in [1.29, 1.82) is 0 Å². The molecule has 0 radical (unpaired) electrons. The van der Waals surface area contributed by atoms with Crippen molar-refractivity contribution in [1.82, 2.24) is 4.98 Å². The van der Waals surface area contributed by atoms with Gasteiger partial charge in [0.05, 0.1) is 4.47 Å². The third kappa shape index (κ3) is 2.38. The average molecular weight is 276 g/mol. The molecule has 0 saturated heterocycles. The van der Waals surface area contributed by atoms with Crippen LogP contribution in [0.25, 0.3) is 0 Å². The normalized spacial score (nSPS) is 9.31. The number of nitrogens with zero attached hydrogens (tertiary/aromatic N) is 1. The Hall–Kier alpha value is -1.86. The van der Waals surface area contributed by atoms with Crippen LogP contribution in [-0.2, 0) is 0 Å². The summed E-state index contributed by atoms with van der Waals surface area (Å²) in [5.74, 6) is 1.02. The summed E-state index contributed by atoms with van der Waals surface area (Å²) in [5, 5.41) is 0. The van der Waals surface area contributed by atoms with Crippen LogP contribution in [0.4, 0.5) is 0 Å². The number of carbonyl (C=O) groups excluding carboxylic acids is 1. The number of halogens is 1. The van der Waals surface area contributed by atoms with Gasteiger partial charge in [-0.05, 0) is 46.3 Å². The van der Waals surface area contributed by atoms with E-state index in [0.717, 1.165) is 6.29 Å². The number of aromatic nitrogens is 1. The number of ether oxygens (including phenoxy) is 1. The Morgan fingerprint density at radius 1 is 1.31 bits per heavy atom. The van der Waals surface area contributed by atoms with Crippen LogP contribution in [0.1, 0.15) is 10.4 Å². The second-order valence-electron chi connectivity index (χ2n) is 2.95. The van der Waals surface area contributed by atoms with Crippen molar-refractivity contribution in [3.8, 4) is 11.6 Å². The number of aldehydes is 1. The average Bonchev–Trinajstić information content (AvgIpc) is 2.33. The van der Waals surface area contributed by atoms with Gasteiger partial charge in [0.1, 0.15) is 12.0 Å². The van der Waals surface area contributed by atoms with E-state index in [1.165, 1.54) is 0 Å². The molecule has 0 N–H and O–H groups in total. The van der Waals surface area contributed by atoms with Crippen molar-refractivity contribution in [2.24, 2.45) is 0 Å². The fraction of sp³-hybridized carbons (Fsp3) is 0. The standard InChI is InChI=1S/C12H6BrNO2/c13-11-2-1-7-14-12(11)16-10-5-3-9(8-15)4-6-10/h2-6,8H. The topological polar surface area (TPSA) is 39.2 Å². The largest absolute Gasteiger partial charge is 0.437 e. The van der Waals surface area contributed by atoms with Crippen molar-refractivity contribution < 1.29 is 9.53 Å². The van der Waals surface area contributed by atoms with Gasteiger partial charge in [0, 0.05) is 17.8 Å². The van der Waals surface area contributed by atoms with Crippen molar-refractivity contribution >= 4 is 22.2 Å². The number of benzene rings is 1. The summed E-state index contributed by atoms with van der Waals surface area (Å²) in [6.45, 7) is 0. The Kier molecular flexibility index (Phi) is 3.18. The first-order chi connectivity index (χ1) is 7.79. The maximum atomic E-state index is 10.5. The predicted octanol–water partition coefficient (Wildman–Crippen LogP) is 3.05. The molecule has 1 aromatic carbocycles. The van der Waals surface area contributed by atoms with Crippen LogP contribution in [0.2, 0.25) is 0 Å². The number of hydrogen-bond acceptors (Lipinski definition) is 3. The monoisotopic (exact) mass is 275 g/mol. The van der Waals surface area contributed by atoms with Gasteiger partial charge in [-0.1, -0.05) is 0 Å². The third-order valence-electron chi connectivity index (χ3n) is 1.86. The van der Waals surface area contributed by atoms with E-state index in [1.54, 1.807) is 30.3 Å². The number of hydrogen-bond donors (Lipinski definition) is 0. The molecule has 0 fully saturated rings. The highest BCUT2D eigenvalue weighted by atomic mass is 79.9. The van der Waals surface area contributed by atoms with E-state index < -0.39 is 0 Å². The fourth-order valence-corrected chi connectivity index (χ4v) is 1.38. The second kappa shape index (κ2) is 4.77. The van der Waals surface area contributed by atoms with Gasteiger partial charge in [0.15, 0.2) is 0 Å². The molecule has 0 amide bonds. The highest BCUT2D eigenvalue weighted by Crippen LogP contribution is 2.25. The second-order valence-corrected chi connectivity index (χ2v) is 3.81. The Morgan fingerprint density at radius 3 is 2.69 bits per heavy atom. The Balaban J connectivity index is 2.21. The van der Waals surface area contributed by atoms with Crippen LogP contribution < -0.4 is 4.74 Å². The lowest BCUT2D eigenvalue weighted by Gasteiger charge is -2.04. The molecular weight excluding hydrogens is 270 g/mol. The van der Waals surface area contributed by atoms with Gasteiger partial charge in [-0.3, -0.25) is 4.79 Å². The molecule has 4 heteroatoms. The fourth-order valence-electron chi connectivity index (χ4n) is 1.09. The Labute approximate surface area is 101 Å². The summed E-state index contributed by atoms with van der Waals surface area (Å²) in [6.07, 6.45) is 3.34. The molecule has 3 nitrogen and oxygen atoms in total. The lowest BCUT2D eigenvalue weighted by molar-refractivity contribution is 0.112. The first-order valence-electron chi connectivity index (χ1n) is 4.47. The molecule has 0 aliphatic heterocycles. The highest BCUT2D eigenvalue weighted by Gasteiger charge is 2.02. The van der Waals surface area contributed by atoms with Crippen LogP contribution in [-0.4, -0.2) is 11.3 Å². The van der Waals surface area contributed by atoms with Gasteiger partial charge in [-0.2, -0.15) is 4.98 Å². The van der Waals surface area contributed by atoms with Crippen molar-refractivity contribution in [3.05, 3.63) is 52.6 Å². The van der Waals surface area contributed by atoms with Gasteiger partial charge in [-0.25, -0.2) is 0 Å². The summed E-state index contributed by atoms with van der Waals surface area (Å²) in [6, 6.07) is 11.1. The van der Waals surface area contributed by atoms with Crippen molar-refractivity contribution in [2.75, 3.05) is 0 Å². The van der Waals surface area contributed by atoms with E-state index in [4.69, 9.17) is 4.74 Å². The SMILES string of the molecule is O=Cc1ccc(Oc2nc#ccc2Br)cc1. The molecule has 1 heterocycles. The molecule has 2 aromatic rings. The Morgan fingerprint density at radius 2 is 2.06 bits per heavy atom. The molecule has 0 aliphatic carbocycles. The van der Waals surface area contributed by atoms with Crippen LogP contribution >= 0.6 is 15.9 Å². The first-order valence-corrected chi connectivity index (χ1v) is 5.26. The zero-order valence-electron chi connectivity index (χ0n) is 8.11. The molecule has 0 spiro atoms.